The average Bonchev–Trinajstić information content (AvgIpc) is 2.51. The Balaban J connectivity index is 1.77. The summed E-state index contributed by atoms with van der Waals surface area (Å²) in [6.07, 6.45) is 1.22. The fourth-order valence-electron chi connectivity index (χ4n) is 2.70. The number of hydrogen-bond acceptors (Lipinski definition) is 2. The third-order valence-corrected chi connectivity index (χ3v) is 4.00. The third-order valence-electron chi connectivity index (χ3n) is 3.75. The molecule has 1 aliphatic heterocycles. The molecule has 1 fully saturated rings. The summed E-state index contributed by atoms with van der Waals surface area (Å²) in [5.41, 5.74) is 1.33. The molecule has 3 rings (SSSR count). The maximum absolute atomic E-state index is 6.18. The van der Waals surface area contributed by atoms with Crippen LogP contribution in [0.4, 0.5) is 0 Å². The van der Waals surface area contributed by atoms with Gasteiger partial charge in [0.05, 0.1) is 0 Å². The summed E-state index contributed by atoms with van der Waals surface area (Å²) in [4.78, 5) is 0. The SMILES string of the molecule is Clc1ccc(O[C@H]2CCNC[C@@H]2c2ccccc2)cc1. The highest BCUT2D eigenvalue weighted by Crippen LogP contribution is 2.28. The molecular formula is C17H18ClNO. The summed E-state index contributed by atoms with van der Waals surface area (Å²) < 4.78 is 6.18. The summed E-state index contributed by atoms with van der Waals surface area (Å²) >= 11 is 5.91. The van der Waals surface area contributed by atoms with Crippen molar-refractivity contribution >= 4 is 11.6 Å². The molecule has 1 saturated heterocycles. The van der Waals surface area contributed by atoms with Crippen LogP contribution in [0, 0.1) is 0 Å². The summed E-state index contributed by atoms with van der Waals surface area (Å²) in [5, 5.41) is 4.20. The van der Waals surface area contributed by atoms with Crippen LogP contribution >= 0.6 is 11.6 Å². The number of hydrogen-bond donors (Lipinski definition) is 1. The Morgan fingerprint density at radius 2 is 1.75 bits per heavy atom. The van der Waals surface area contributed by atoms with E-state index in [9.17, 15) is 0 Å². The van der Waals surface area contributed by atoms with Crippen molar-refractivity contribution < 1.29 is 4.74 Å². The molecule has 2 aromatic rings. The number of nitrogens with one attached hydrogen (secondary N) is 1. The number of ether oxygens (including phenoxy) is 1. The Morgan fingerprint density at radius 3 is 2.50 bits per heavy atom. The largest absolute Gasteiger partial charge is 0.490 e. The van der Waals surface area contributed by atoms with Crippen LogP contribution < -0.4 is 10.1 Å². The molecule has 0 radical (unpaired) electrons. The highest BCUT2D eigenvalue weighted by Gasteiger charge is 2.27. The van der Waals surface area contributed by atoms with Gasteiger partial charge in [-0.05, 0) is 42.8 Å². The molecule has 2 atom stereocenters. The van der Waals surface area contributed by atoms with Gasteiger partial charge in [0.1, 0.15) is 11.9 Å². The van der Waals surface area contributed by atoms with E-state index in [0.29, 0.717) is 5.92 Å². The monoisotopic (exact) mass is 287 g/mol. The Labute approximate surface area is 124 Å². The van der Waals surface area contributed by atoms with Gasteiger partial charge in [-0.2, -0.15) is 0 Å². The summed E-state index contributed by atoms with van der Waals surface area (Å²) in [5.74, 6) is 1.28. The highest BCUT2D eigenvalue weighted by molar-refractivity contribution is 6.30. The zero-order valence-corrected chi connectivity index (χ0v) is 12.0. The number of benzene rings is 2. The van der Waals surface area contributed by atoms with Crippen molar-refractivity contribution in [1.82, 2.24) is 5.32 Å². The van der Waals surface area contributed by atoms with Gasteiger partial charge in [-0.15, -0.1) is 0 Å². The molecule has 20 heavy (non-hydrogen) atoms. The molecule has 2 nitrogen and oxygen atoms in total. The molecule has 1 heterocycles. The van der Waals surface area contributed by atoms with Crippen LogP contribution in [0.15, 0.2) is 54.6 Å². The molecule has 0 amide bonds. The second kappa shape index (κ2) is 6.29. The molecule has 1 N–H and O–H groups in total. The van der Waals surface area contributed by atoms with E-state index in [1.165, 1.54) is 5.56 Å². The molecule has 0 spiro atoms. The van der Waals surface area contributed by atoms with Gasteiger partial charge in [0, 0.05) is 17.5 Å². The van der Waals surface area contributed by atoms with Crippen LogP contribution in [0.3, 0.4) is 0 Å². The molecule has 0 aliphatic carbocycles. The fraction of sp³-hybridized carbons (Fsp3) is 0.294. The molecule has 2 aromatic carbocycles. The molecular weight excluding hydrogens is 270 g/mol. The first-order chi connectivity index (χ1) is 9.83. The Bertz CT molecular complexity index is 541. The van der Waals surface area contributed by atoms with Crippen LogP contribution in [0.5, 0.6) is 5.75 Å². The standard InChI is InChI=1S/C17H18ClNO/c18-14-6-8-15(9-7-14)20-17-10-11-19-12-16(17)13-4-2-1-3-5-13/h1-9,16-17,19H,10-12H2/t16-,17+/m1/s1. The molecule has 0 aromatic heterocycles. The van der Waals surface area contributed by atoms with E-state index in [1.807, 2.05) is 24.3 Å². The smallest absolute Gasteiger partial charge is 0.119 e. The van der Waals surface area contributed by atoms with Crippen molar-refractivity contribution in [2.75, 3.05) is 13.1 Å². The van der Waals surface area contributed by atoms with Gasteiger partial charge in [0.2, 0.25) is 0 Å². The first-order valence-corrected chi connectivity index (χ1v) is 7.38. The van der Waals surface area contributed by atoms with Crippen molar-refractivity contribution in [3.63, 3.8) is 0 Å². The van der Waals surface area contributed by atoms with E-state index >= 15 is 0 Å². The normalized spacial score (nSPS) is 22.4. The van der Waals surface area contributed by atoms with Crippen LogP contribution in [0.25, 0.3) is 0 Å². The predicted octanol–water partition coefficient (Wildman–Crippen LogP) is 3.86. The zero-order chi connectivity index (χ0) is 13.8. The maximum atomic E-state index is 6.18. The first-order valence-electron chi connectivity index (χ1n) is 7.01. The van der Waals surface area contributed by atoms with Gasteiger partial charge < -0.3 is 10.1 Å². The minimum atomic E-state index is 0.208. The molecule has 0 saturated carbocycles. The number of halogens is 1. The number of piperidine rings is 1. The van der Waals surface area contributed by atoms with E-state index in [0.717, 1.165) is 30.3 Å². The van der Waals surface area contributed by atoms with E-state index in [1.54, 1.807) is 0 Å². The van der Waals surface area contributed by atoms with Gasteiger partial charge in [-0.3, -0.25) is 0 Å². The highest BCUT2D eigenvalue weighted by atomic mass is 35.5. The van der Waals surface area contributed by atoms with Gasteiger partial charge in [0.15, 0.2) is 0 Å². The van der Waals surface area contributed by atoms with E-state index in [4.69, 9.17) is 16.3 Å². The minimum Gasteiger partial charge on any atom is -0.490 e. The molecule has 0 bridgehead atoms. The zero-order valence-electron chi connectivity index (χ0n) is 11.3. The van der Waals surface area contributed by atoms with Crippen molar-refractivity contribution in [2.24, 2.45) is 0 Å². The summed E-state index contributed by atoms with van der Waals surface area (Å²) in [6, 6.07) is 18.2. The minimum absolute atomic E-state index is 0.208. The van der Waals surface area contributed by atoms with Gasteiger partial charge in [-0.25, -0.2) is 0 Å². The van der Waals surface area contributed by atoms with E-state index < -0.39 is 0 Å². The third kappa shape index (κ3) is 3.14. The van der Waals surface area contributed by atoms with E-state index in [-0.39, 0.29) is 6.10 Å². The molecule has 1 aliphatic rings. The van der Waals surface area contributed by atoms with Crippen molar-refractivity contribution in [3.8, 4) is 5.75 Å². The van der Waals surface area contributed by atoms with Crippen molar-refractivity contribution in [1.29, 1.82) is 0 Å². The second-order valence-electron chi connectivity index (χ2n) is 5.12. The van der Waals surface area contributed by atoms with Gasteiger partial charge in [0.25, 0.3) is 0 Å². The van der Waals surface area contributed by atoms with Crippen LogP contribution in [0.2, 0.25) is 5.02 Å². The lowest BCUT2D eigenvalue weighted by molar-refractivity contribution is 0.138. The average molecular weight is 288 g/mol. The van der Waals surface area contributed by atoms with Crippen molar-refractivity contribution in [2.45, 2.75) is 18.4 Å². The molecule has 104 valence electrons. The Hall–Kier alpha value is -1.51. The number of rotatable bonds is 3. The lowest BCUT2D eigenvalue weighted by Gasteiger charge is -2.32. The fourth-order valence-corrected chi connectivity index (χ4v) is 2.82. The van der Waals surface area contributed by atoms with Crippen LogP contribution in [-0.2, 0) is 0 Å². The lowest BCUT2D eigenvalue weighted by atomic mass is 9.89. The Morgan fingerprint density at radius 1 is 1.00 bits per heavy atom. The van der Waals surface area contributed by atoms with Crippen molar-refractivity contribution in [3.05, 3.63) is 65.2 Å². The summed E-state index contributed by atoms with van der Waals surface area (Å²) in [7, 11) is 0. The molecule has 3 heteroatoms. The topological polar surface area (TPSA) is 21.3 Å². The molecule has 0 unspecified atom stereocenters. The first kappa shape index (κ1) is 13.5. The van der Waals surface area contributed by atoms with Crippen LogP contribution in [-0.4, -0.2) is 19.2 Å². The van der Waals surface area contributed by atoms with Gasteiger partial charge >= 0.3 is 0 Å². The van der Waals surface area contributed by atoms with Crippen LogP contribution in [0.1, 0.15) is 17.9 Å². The lowest BCUT2D eigenvalue weighted by Crippen LogP contribution is -2.41. The second-order valence-corrected chi connectivity index (χ2v) is 5.56. The maximum Gasteiger partial charge on any atom is 0.119 e. The van der Waals surface area contributed by atoms with Gasteiger partial charge in [-0.1, -0.05) is 41.9 Å². The predicted molar refractivity (Wildman–Crippen MR) is 82.5 cm³/mol. The summed E-state index contributed by atoms with van der Waals surface area (Å²) in [6.45, 7) is 1.96. The Kier molecular flexibility index (Phi) is 4.24. The van der Waals surface area contributed by atoms with E-state index in [2.05, 4.69) is 35.6 Å². The quantitative estimate of drug-likeness (QED) is 0.925.